The Hall–Kier alpha value is 0.01000. The zero-order valence-corrected chi connectivity index (χ0v) is 12.2. The van der Waals surface area contributed by atoms with Crippen molar-refractivity contribution in [3.8, 4) is 0 Å². The van der Waals surface area contributed by atoms with Gasteiger partial charge in [0, 0.05) is 16.7 Å². The molecular formula is C13H23NS2. The van der Waals surface area contributed by atoms with Crippen molar-refractivity contribution in [2.24, 2.45) is 0 Å². The largest absolute Gasteiger partial charge is 0.313 e. The summed E-state index contributed by atoms with van der Waals surface area (Å²) in [5.74, 6) is 1.23. The lowest BCUT2D eigenvalue weighted by molar-refractivity contribution is 0.539. The first-order valence-corrected chi connectivity index (χ1v) is 8.02. The first kappa shape index (κ1) is 14.1. The lowest BCUT2D eigenvalue weighted by Crippen LogP contribution is -2.32. The van der Waals surface area contributed by atoms with Gasteiger partial charge in [-0.1, -0.05) is 26.8 Å². The van der Waals surface area contributed by atoms with E-state index in [1.165, 1.54) is 23.5 Å². The number of hydrogen-bond donors (Lipinski definition) is 1. The second kappa shape index (κ2) is 8.15. The fourth-order valence-corrected chi connectivity index (χ4v) is 3.24. The molecule has 1 atom stereocenters. The van der Waals surface area contributed by atoms with Crippen LogP contribution in [0.3, 0.4) is 0 Å². The van der Waals surface area contributed by atoms with E-state index in [1.807, 2.05) is 11.3 Å². The van der Waals surface area contributed by atoms with Gasteiger partial charge in [-0.05, 0) is 36.1 Å². The Kier molecular flexibility index (Phi) is 7.17. The topological polar surface area (TPSA) is 12.0 Å². The summed E-state index contributed by atoms with van der Waals surface area (Å²) in [6, 6.07) is 5.05. The molecule has 0 spiro atoms. The van der Waals surface area contributed by atoms with Crippen molar-refractivity contribution in [1.82, 2.24) is 5.32 Å². The molecule has 1 unspecified atom stereocenters. The van der Waals surface area contributed by atoms with Crippen LogP contribution in [0.4, 0.5) is 0 Å². The van der Waals surface area contributed by atoms with E-state index in [2.05, 4.69) is 55.4 Å². The van der Waals surface area contributed by atoms with Gasteiger partial charge in [0.05, 0.1) is 0 Å². The van der Waals surface area contributed by atoms with Crippen molar-refractivity contribution in [3.63, 3.8) is 0 Å². The van der Waals surface area contributed by atoms with Gasteiger partial charge in [-0.25, -0.2) is 0 Å². The first-order chi connectivity index (χ1) is 7.72. The molecule has 0 aliphatic carbocycles. The van der Waals surface area contributed by atoms with E-state index in [0.717, 1.165) is 11.8 Å². The number of thiophene rings is 1. The third kappa shape index (κ3) is 5.92. The predicted molar refractivity (Wildman–Crippen MR) is 77.7 cm³/mol. The van der Waals surface area contributed by atoms with E-state index < -0.39 is 0 Å². The molecule has 1 nitrogen and oxygen atoms in total. The molecule has 0 saturated heterocycles. The van der Waals surface area contributed by atoms with E-state index in [9.17, 15) is 0 Å². The minimum atomic E-state index is 0.666. The average molecular weight is 257 g/mol. The van der Waals surface area contributed by atoms with Crippen molar-refractivity contribution >= 4 is 23.1 Å². The molecule has 1 heterocycles. The third-order valence-electron chi connectivity index (χ3n) is 2.44. The Morgan fingerprint density at radius 1 is 1.44 bits per heavy atom. The summed E-state index contributed by atoms with van der Waals surface area (Å²) in [5, 5.41) is 6.49. The maximum atomic E-state index is 3.58. The molecule has 0 bridgehead atoms. The SMILES string of the molecule is CCNC(CCc1cccs1)CSC(C)C. The van der Waals surface area contributed by atoms with E-state index >= 15 is 0 Å². The molecule has 1 N–H and O–H groups in total. The summed E-state index contributed by atoms with van der Waals surface area (Å²) in [4.78, 5) is 1.51. The van der Waals surface area contributed by atoms with Crippen LogP contribution in [0.2, 0.25) is 0 Å². The van der Waals surface area contributed by atoms with Gasteiger partial charge in [0.2, 0.25) is 0 Å². The number of aryl methyl sites for hydroxylation is 1. The Morgan fingerprint density at radius 2 is 2.25 bits per heavy atom. The van der Waals surface area contributed by atoms with Crippen LogP contribution in [0.15, 0.2) is 17.5 Å². The van der Waals surface area contributed by atoms with Crippen LogP contribution in [-0.4, -0.2) is 23.6 Å². The highest BCUT2D eigenvalue weighted by molar-refractivity contribution is 7.99. The highest BCUT2D eigenvalue weighted by Gasteiger charge is 2.09. The fourth-order valence-electron chi connectivity index (χ4n) is 1.61. The average Bonchev–Trinajstić information content (AvgIpc) is 2.75. The van der Waals surface area contributed by atoms with E-state index in [4.69, 9.17) is 0 Å². The Labute approximate surface area is 108 Å². The van der Waals surface area contributed by atoms with Crippen LogP contribution in [-0.2, 0) is 6.42 Å². The van der Waals surface area contributed by atoms with Crippen molar-refractivity contribution in [2.45, 2.75) is 44.9 Å². The normalized spacial score (nSPS) is 13.2. The van der Waals surface area contributed by atoms with Gasteiger partial charge >= 0.3 is 0 Å². The van der Waals surface area contributed by atoms with Crippen LogP contribution in [0.25, 0.3) is 0 Å². The van der Waals surface area contributed by atoms with Crippen molar-refractivity contribution in [2.75, 3.05) is 12.3 Å². The molecule has 16 heavy (non-hydrogen) atoms. The van der Waals surface area contributed by atoms with Crippen molar-refractivity contribution in [1.29, 1.82) is 0 Å². The summed E-state index contributed by atoms with van der Waals surface area (Å²) >= 11 is 3.93. The molecule has 0 radical (unpaired) electrons. The number of rotatable bonds is 8. The Balaban J connectivity index is 2.27. The molecule has 0 aliphatic rings. The van der Waals surface area contributed by atoms with Gasteiger partial charge in [0.25, 0.3) is 0 Å². The quantitative estimate of drug-likeness (QED) is 0.760. The predicted octanol–water partition coefficient (Wildman–Crippen LogP) is 3.80. The van der Waals surface area contributed by atoms with Crippen molar-refractivity contribution in [3.05, 3.63) is 22.4 Å². The highest BCUT2D eigenvalue weighted by atomic mass is 32.2. The molecule has 1 aromatic heterocycles. The van der Waals surface area contributed by atoms with Gasteiger partial charge in [0.1, 0.15) is 0 Å². The third-order valence-corrected chi connectivity index (χ3v) is 4.64. The minimum absolute atomic E-state index is 0.666. The van der Waals surface area contributed by atoms with Crippen LogP contribution in [0.1, 0.15) is 32.1 Å². The highest BCUT2D eigenvalue weighted by Crippen LogP contribution is 2.16. The van der Waals surface area contributed by atoms with E-state index in [0.29, 0.717) is 6.04 Å². The second-order valence-electron chi connectivity index (χ2n) is 4.25. The van der Waals surface area contributed by atoms with Crippen LogP contribution in [0, 0.1) is 0 Å². The van der Waals surface area contributed by atoms with Crippen molar-refractivity contribution < 1.29 is 0 Å². The van der Waals surface area contributed by atoms with Gasteiger partial charge < -0.3 is 5.32 Å². The fraction of sp³-hybridized carbons (Fsp3) is 0.692. The Morgan fingerprint density at radius 3 is 2.81 bits per heavy atom. The van der Waals surface area contributed by atoms with Gasteiger partial charge in [-0.15, -0.1) is 11.3 Å². The van der Waals surface area contributed by atoms with Crippen LogP contribution < -0.4 is 5.32 Å². The molecule has 3 heteroatoms. The lowest BCUT2D eigenvalue weighted by Gasteiger charge is -2.18. The number of thioether (sulfide) groups is 1. The molecular weight excluding hydrogens is 234 g/mol. The maximum absolute atomic E-state index is 3.58. The van der Waals surface area contributed by atoms with E-state index in [-0.39, 0.29) is 0 Å². The molecule has 0 amide bonds. The zero-order chi connectivity index (χ0) is 11.8. The lowest BCUT2D eigenvalue weighted by atomic mass is 10.1. The number of hydrogen-bond acceptors (Lipinski definition) is 3. The molecule has 0 aliphatic heterocycles. The summed E-state index contributed by atoms with van der Waals surface area (Å²) in [6.45, 7) is 7.81. The minimum Gasteiger partial charge on any atom is -0.313 e. The smallest absolute Gasteiger partial charge is 0.0161 e. The second-order valence-corrected chi connectivity index (χ2v) is 6.90. The summed E-state index contributed by atoms with van der Waals surface area (Å²) in [7, 11) is 0. The van der Waals surface area contributed by atoms with Gasteiger partial charge in [-0.3, -0.25) is 0 Å². The van der Waals surface area contributed by atoms with E-state index in [1.54, 1.807) is 0 Å². The molecule has 0 fully saturated rings. The zero-order valence-electron chi connectivity index (χ0n) is 10.5. The standard InChI is InChI=1S/C13H23NS2/c1-4-14-12(10-16-11(2)3)7-8-13-6-5-9-15-13/h5-6,9,11-12,14H,4,7-8,10H2,1-3H3. The monoisotopic (exact) mass is 257 g/mol. The maximum Gasteiger partial charge on any atom is 0.0161 e. The summed E-state index contributed by atoms with van der Waals surface area (Å²) < 4.78 is 0. The van der Waals surface area contributed by atoms with Gasteiger partial charge in [0.15, 0.2) is 0 Å². The number of nitrogens with one attached hydrogen (secondary N) is 1. The van der Waals surface area contributed by atoms with Crippen LogP contribution >= 0.6 is 23.1 Å². The molecule has 0 aromatic carbocycles. The summed E-state index contributed by atoms with van der Waals surface area (Å²) in [6.07, 6.45) is 2.47. The molecule has 0 saturated carbocycles. The van der Waals surface area contributed by atoms with Gasteiger partial charge in [-0.2, -0.15) is 11.8 Å². The van der Waals surface area contributed by atoms with Crippen LogP contribution in [0.5, 0.6) is 0 Å². The first-order valence-electron chi connectivity index (χ1n) is 6.09. The Bertz CT molecular complexity index is 257. The molecule has 1 rings (SSSR count). The molecule has 1 aromatic rings. The summed E-state index contributed by atoms with van der Waals surface area (Å²) in [5.41, 5.74) is 0. The molecule has 92 valence electrons.